The van der Waals surface area contributed by atoms with Gasteiger partial charge in [-0.15, -0.1) is 54.1 Å². The van der Waals surface area contributed by atoms with Gasteiger partial charge < -0.3 is 14.0 Å². The standard InChI is InChI=1S/C22H21N2O.C19H17N2.Ir/c1-14-8-9-17-16-6-5-7-18(20(16)25-21(17)24-14)19-12-15(10-11-23-19)13-22(2,3)4;1-13(2)15-11-12-21-18-16(15)9-6-10-17(18)20-19(21)14-7-4-3-5-8-14;/h5-6,8-12H,13H2,1-4H3;3-7,9-11,13H,12H2,1-2H3;/q2*-1;. The number of pyridine rings is 2. The molecule has 1 radical (unpaired) electrons. The first-order chi connectivity index (χ1) is 22.2. The molecule has 8 rings (SSSR count). The van der Waals surface area contributed by atoms with E-state index in [1.54, 1.807) is 0 Å². The molecule has 0 bridgehead atoms. The Kier molecular flexibility index (Phi) is 9.02. The van der Waals surface area contributed by atoms with Crippen LogP contribution in [-0.2, 0) is 33.1 Å². The second-order valence-electron chi connectivity index (χ2n) is 13.6. The number of allylic oxidation sites excluding steroid dienone is 2. The van der Waals surface area contributed by atoms with Crippen molar-refractivity contribution in [2.75, 3.05) is 0 Å². The number of imidazole rings is 1. The molecule has 0 aliphatic carbocycles. The molecule has 0 spiro atoms. The van der Waals surface area contributed by atoms with Crippen molar-refractivity contribution in [3.05, 3.63) is 120 Å². The Bertz CT molecular complexity index is 2240. The second-order valence-corrected chi connectivity index (χ2v) is 13.6. The summed E-state index contributed by atoms with van der Waals surface area (Å²) in [4.78, 5) is 13.9. The Morgan fingerprint density at radius 3 is 2.53 bits per heavy atom. The number of rotatable bonds is 4. The van der Waals surface area contributed by atoms with E-state index in [4.69, 9.17) is 9.40 Å². The van der Waals surface area contributed by atoms with E-state index in [-0.39, 0.29) is 25.5 Å². The molecule has 1 aliphatic rings. The van der Waals surface area contributed by atoms with Crippen LogP contribution in [0.4, 0.5) is 0 Å². The van der Waals surface area contributed by atoms with Crippen LogP contribution >= 0.6 is 0 Å². The number of aryl methyl sites for hydroxylation is 1. The van der Waals surface area contributed by atoms with Crippen LogP contribution in [-0.4, -0.2) is 19.5 Å². The monoisotopic (exact) mass is 795 g/mol. The Balaban J connectivity index is 0.000000163. The summed E-state index contributed by atoms with van der Waals surface area (Å²) < 4.78 is 8.39. The molecule has 239 valence electrons. The molecular weight excluding hydrogens is 757 g/mol. The van der Waals surface area contributed by atoms with Gasteiger partial charge in [-0.25, -0.2) is 4.98 Å². The van der Waals surface area contributed by atoms with Gasteiger partial charge in [-0.2, -0.15) is 0 Å². The third-order valence-electron chi connectivity index (χ3n) is 8.40. The number of fused-ring (bicyclic) bond motifs is 3. The van der Waals surface area contributed by atoms with Crippen LogP contribution in [0.15, 0.2) is 95.6 Å². The molecule has 5 heterocycles. The average Bonchev–Trinajstić information content (AvgIpc) is 3.60. The zero-order valence-electron chi connectivity index (χ0n) is 27.7. The number of aromatic nitrogens is 4. The fourth-order valence-electron chi connectivity index (χ4n) is 6.42. The van der Waals surface area contributed by atoms with E-state index >= 15 is 0 Å². The number of hydrogen-bond acceptors (Lipinski definition) is 4. The van der Waals surface area contributed by atoms with E-state index < -0.39 is 0 Å². The van der Waals surface area contributed by atoms with Crippen LogP contribution in [0.25, 0.3) is 61.3 Å². The van der Waals surface area contributed by atoms with Crippen molar-refractivity contribution >= 4 is 38.7 Å². The summed E-state index contributed by atoms with van der Waals surface area (Å²) >= 11 is 0. The Morgan fingerprint density at radius 1 is 0.915 bits per heavy atom. The predicted octanol–water partition coefficient (Wildman–Crippen LogP) is 10.3. The van der Waals surface area contributed by atoms with Crippen molar-refractivity contribution in [2.24, 2.45) is 11.3 Å². The van der Waals surface area contributed by atoms with Gasteiger partial charge in [-0.05, 0) is 60.2 Å². The van der Waals surface area contributed by atoms with Crippen molar-refractivity contribution in [2.45, 2.75) is 54.5 Å². The number of para-hydroxylation sites is 1. The molecule has 1 aliphatic heterocycles. The number of benzene rings is 3. The van der Waals surface area contributed by atoms with Crippen LogP contribution in [0.3, 0.4) is 0 Å². The van der Waals surface area contributed by atoms with E-state index in [1.807, 2.05) is 49.5 Å². The summed E-state index contributed by atoms with van der Waals surface area (Å²) in [7, 11) is 0. The summed E-state index contributed by atoms with van der Waals surface area (Å²) in [6.07, 6.45) is 5.20. The molecule has 5 nitrogen and oxygen atoms in total. The molecule has 0 amide bonds. The van der Waals surface area contributed by atoms with Crippen molar-refractivity contribution in [1.29, 1.82) is 0 Å². The van der Waals surface area contributed by atoms with Crippen molar-refractivity contribution in [1.82, 2.24) is 19.5 Å². The van der Waals surface area contributed by atoms with Crippen LogP contribution in [0.1, 0.15) is 51.4 Å². The van der Waals surface area contributed by atoms with Gasteiger partial charge in [0.05, 0.1) is 22.4 Å². The quantitative estimate of drug-likeness (QED) is 0.167. The van der Waals surface area contributed by atoms with Crippen LogP contribution in [0, 0.1) is 30.4 Å². The smallest absolute Gasteiger partial charge is 0.216 e. The largest absolute Gasteiger partial charge is 0.486 e. The third-order valence-corrected chi connectivity index (χ3v) is 8.40. The van der Waals surface area contributed by atoms with Gasteiger partial charge in [0.1, 0.15) is 0 Å². The molecule has 0 fully saturated rings. The molecular formula is C41H38IrN4O-2. The third kappa shape index (κ3) is 6.45. The van der Waals surface area contributed by atoms with Gasteiger partial charge in [-0.1, -0.05) is 75.4 Å². The molecule has 0 saturated heterocycles. The molecule has 47 heavy (non-hydrogen) atoms. The van der Waals surface area contributed by atoms with Crippen LogP contribution in [0.2, 0.25) is 0 Å². The molecule has 4 aromatic heterocycles. The molecule has 7 aromatic rings. The zero-order chi connectivity index (χ0) is 32.0. The van der Waals surface area contributed by atoms with Crippen molar-refractivity contribution in [3.8, 4) is 22.6 Å². The second kappa shape index (κ2) is 13.0. The van der Waals surface area contributed by atoms with Crippen LogP contribution < -0.4 is 0 Å². The summed E-state index contributed by atoms with van der Waals surface area (Å²) in [5, 5.41) is 2.08. The maximum Gasteiger partial charge on any atom is 0.216 e. The van der Waals surface area contributed by atoms with E-state index in [0.29, 0.717) is 11.6 Å². The Labute approximate surface area is 290 Å². The first-order valence-corrected chi connectivity index (χ1v) is 16.0. The van der Waals surface area contributed by atoms with Gasteiger partial charge in [0.2, 0.25) is 5.71 Å². The maximum atomic E-state index is 6.08. The summed E-state index contributed by atoms with van der Waals surface area (Å²) in [5.41, 5.74) is 11.8. The van der Waals surface area contributed by atoms with E-state index in [2.05, 4.69) is 110 Å². The van der Waals surface area contributed by atoms with E-state index in [9.17, 15) is 0 Å². The topological polar surface area (TPSA) is 56.7 Å². The predicted molar refractivity (Wildman–Crippen MR) is 188 cm³/mol. The van der Waals surface area contributed by atoms with E-state index in [1.165, 1.54) is 22.2 Å². The van der Waals surface area contributed by atoms with Gasteiger partial charge in [0.15, 0.2) is 0 Å². The molecule has 0 unspecified atom stereocenters. The van der Waals surface area contributed by atoms with Crippen molar-refractivity contribution < 1.29 is 24.5 Å². The normalized spacial score (nSPS) is 12.6. The van der Waals surface area contributed by atoms with Gasteiger partial charge in [0, 0.05) is 49.5 Å². The maximum absolute atomic E-state index is 6.08. The summed E-state index contributed by atoms with van der Waals surface area (Å²) in [6.45, 7) is 14.1. The van der Waals surface area contributed by atoms with E-state index in [0.717, 1.165) is 63.2 Å². The molecule has 0 saturated carbocycles. The number of nitrogens with zero attached hydrogens (tertiary/aromatic N) is 4. The first kappa shape index (κ1) is 32.6. The number of hydrogen-bond donors (Lipinski definition) is 0. The Morgan fingerprint density at radius 2 is 1.77 bits per heavy atom. The number of furan rings is 1. The molecule has 3 aromatic carbocycles. The minimum absolute atomic E-state index is 0. The molecule has 0 N–H and O–H groups in total. The fourth-order valence-corrected chi connectivity index (χ4v) is 6.42. The van der Waals surface area contributed by atoms with Gasteiger partial charge in [0.25, 0.3) is 0 Å². The van der Waals surface area contributed by atoms with Gasteiger partial charge >= 0.3 is 0 Å². The SMILES string of the molecule is CC(C)C1=CCn2c(-c3[c-]cccc3)nc3cccc1c32.Cc1ccc2c(n1)oc1c(-c3cc(CC(C)(C)C)ccn3)[c-]ccc12.[Ir]. The fraction of sp³-hybridized carbons (Fsp3) is 0.244. The molecule has 6 heteroatoms. The molecule has 0 atom stereocenters. The van der Waals surface area contributed by atoms with Gasteiger partial charge in [-0.3, -0.25) is 4.98 Å². The zero-order valence-corrected chi connectivity index (χ0v) is 30.1. The summed E-state index contributed by atoms with van der Waals surface area (Å²) in [6, 6.07) is 33.3. The average molecular weight is 795 g/mol. The summed E-state index contributed by atoms with van der Waals surface area (Å²) in [5.74, 6) is 1.54. The van der Waals surface area contributed by atoms with Crippen molar-refractivity contribution in [3.63, 3.8) is 0 Å². The Hall–Kier alpha value is -4.38. The minimum Gasteiger partial charge on any atom is -0.486 e. The van der Waals surface area contributed by atoms with Crippen LogP contribution in [0.5, 0.6) is 0 Å². The minimum atomic E-state index is 0. The first-order valence-electron chi connectivity index (χ1n) is 16.0.